The van der Waals surface area contributed by atoms with E-state index in [1.165, 1.54) is 0 Å². The van der Waals surface area contributed by atoms with Crippen LogP contribution in [0.4, 0.5) is 0 Å². The number of hydrogen-bond acceptors (Lipinski definition) is 6. The van der Waals surface area contributed by atoms with E-state index in [-0.39, 0.29) is 5.97 Å². The maximum Gasteiger partial charge on any atom is 0.318 e. The van der Waals surface area contributed by atoms with Crippen LogP contribution in [0.3, 0.4) is 0 Å². The second kappa shape index (κ2) is 8.91. The highest BCUT2D eigenvalue weighted by molar-refractivity contribution is 8.07. The van der Waals surface area contributed by atoms with Crippen LogP contribution in [0.1, 0.15) is 19.4 Å². The predicted octanol–water partition coefficient (Wildman–Crippen LogP) is 3.58. The van der Waals surface area contributed by atoms with Crippen molar-refractivity contribution < 1.29 is 14.3 Å². The van der Waals surface area contributed by atoms with Gasteiger partial charge in [-0.2, -0.15) is 0 Å². The molecule has 1 aromatic carbocycles. The van der Waals surface area contributed by atoms with E-state index in [0.29, 0.717) is 31.2 Å². The van der Waals surface area contributed by atoms with Crippen LogP contribution in [-0.4, -0.2) is 49.8 Å². The van der Waals surface area contributed by atoms with E-state index >= 15 is 0 Å². The largest absolute Gasteiger partial charge is 0.501 e. The van der Waals surface area contributed by atoms with Gasteiger partial charge in [0, 0.05) is 27.9 Å². The summed E-state index contributed by atoms with van der Waals surface area (Å²) < 4.78 is 10.9. The molecule has 2 heterocycles. The van der Waals surface area contributed by atoms with Crippen LogP contribution in [-0.2, 0) is 20.7 Å². The molecule has 0 saturated heterocycles. The van der Waals surface area contributed by atoms with Gasteiger partial charge in [0.2, 0.25) is 0 Å². The molecule has 0 aromatic heterocycles. The molecule has 5 nitrogen and oxygen atoms in total. The molecule has 2 aliphatic rings. The SMILES string of the molecule is CCOC=C1SC2=C(C1C(=O)OCC)C(N)(Cc1ccc(Cl)cc1)CN(C)C2. The smallest absolute Gasteiger partial charge is 0.318 e. The van der Waals surface area contributed by atoms with Crippen molar-refractivity contribution in [3.8, 4) is 0 Å². The topological polar surface area (TPSA) is 64.8 Å². The summed E-state index contributed by atoms with van der Waals surface area (Å²) in [6.45, 7) is 6.04. The molecule has 2 unspecified atom stereocenters. The Balaban J connectivity index is 2.01. The summed E-state index contributed by atoms with van der Waals surface area (Å²) in [6, 6.07) is 7.72. The molecule has 2 atom stereocenters. The zero-order valence-electron chi connectivity index (χ0n) is 16.5. The van der Waals surface area contributed by atoms with E-state index in [2.05, 4.69) is 11.9 Å². The summed E-state index contributed by atoms with van der Waals surface area (Å²) in [5.41, 5.74) is 8.37. The Morgan fingerprint density at radius 1 is 1.36 bits per heavy atom. The Bertz CT molecular complexity index is 793. The number of nitrogens with two attached hydrogens (primary N) is 1. The quantitative estimate of drug-likeness (QED) is 0.558. The number of thioether (sulfide) groups is 1. The fourth-order valence-corrected chi connectivity index (χ4v) is 5.52. The van der Waals surface area contributed by atoms with E-state index in [1.54, 1.807) is 18.0 Å². The average Bonchev–Trinajstić information content (AvgIpc) is 3.01. The van der Waals surface area contributed by atoms with E-state index in [4.69, 9.17) is 26.8 Å². The summed E-state index contributed by atoms with van der Waals surface area (Å²) >= 11 is 7.62. The van der Waals surface area contributed by atoms with Crippen molar-refractivity contribution in [3.05, 3.63) is 56.5 Å². The third-order valence-corrected chi connectivity index (χ3v) is 6.35. The van der Waals surface area contributed by atoms with Crippen LogP contribution in [0.15, 0.2) is 45.9 Å². The normalized spacial score (nSPS) is 26.5. The molecule has 0 aliphatic carbocycles. The van der Waals surface area contributed by atoms with Crippen LogP contribution in [0.5, 0.6) is 0 Å². The molecule has 152 valence electrons. The molecule has 2 aliphatic heterocycles. The molecule has 3 rings (SSSR count). The lowest BCUT2D eigenvalue weighted by Gasteiger charge is -2.41. The number of rotatable bonds is 6. The molecule has 0 amide bonds. The Hall–Kier alpha value is -1.47. The second-order valence-corrected chi connectivity index (χ2v) is 8.84. The highest BCUT2D eigenvalue weighted by atomic mass is 35.5. The molecule has 2 N–H and O–H groups in total. The highest BCUT2D eigenvalue weighted by Gasteiger charge is 2.49. The number of likely N-dealkylation sites (N-methyl/N-ethyl adjacent to an activating group) is 1. The summed E-state index contributed by atoms with van der Waals surface area (Å²) in [7, 11) is 2.05. The van der Waals surface area contributed by atoms with Crippen LogP contribution in [0.2, 0.25) is 5.02 Å². The van der Waals surface area contributed by atoms with Crippen LogP contribution < -0.4 is 5.73 Å². The third kappa shape index (κ3) is 4.40. The molecule has 28 heavy (non-hydrogen) atoms. The first-order valence-corrected chi connectivity index (χ1v) is 10.7. The van der Waals surface area contributed by atoms with Crippen molar-refractivity contribution in [1.82, 2.24) is 4.90 Å². The molecular weight excluding hydrogens is 396 g/mol. The number of carbonyl (C=O) groups excluding carboxylic acids is 1. The predicted molar refractivity (Wildman–Crippen MR) is 114 cm³/mol. The number of esters is 1. The van der Waals surface area contributed by atoms with Crippen LogP contribution >= 0.6 is 23.4 Å². The van der Waals surface area contributed by atoms with Crippen molar-refractivity contribution >= 4 is 29.3 Å². The Morgan fingerprint density at radius 3 is 2.71 bits per heavy atom. The van der Waals surface area contributed by atoms with E-state index in [9.17, 15) is 4.79 Å². The van der Waals surface area contributed by atoms with Gasteiger partial charge in [0.1, 0.15) is 5.92 Å². The minimum atomic E-state index is -0.678. The molecule has 0 radical (unpaired) electrons. The van der Waals surface area contributed by atoms with Gasteiger partial charge in [-0.1, -0.05) is 35.5 Å². The number of halogens is 1. The maximum atomic E-state index is 12.9. The molecule has 0 fully saturated rings. The number of hydrogen-bond donors (Lipinski definition) is 1. The number of nitrogens with zero attached hydrogens (tertiary/aromatic N) is 1. The van der Waals surface area contributed by atoms with Crippen molar-refractivity contribution in [1.29, 1.82) is 0 Å². The van der Waals surface area contributed by atoms with E-state index < -0.39 is 11.5 Å². The monoisotopic (exact) mass is 422 g/mol. The summed E-state index contributed by atoms with van der Waals surface area (Å²) in [6.07, 6.45) is 2.30. The number of carbonyl (C=O) groups is 1. The van der Waals surface area contributed by atoms with Crippen molar-refractivity contribution in [3.63, 3.8) is 0 Å². The van der Waals surface area contributed by atoms with Gasteiger partial charge in [-0.3, -0.25) is 9.69 Å². The zero-order chi connectivity index (χ0) is 20.3. The number of ether oxygens (including phenoxy) is 2. The van der Waals surface area contributed by atoms with Crippen LogP contribution in [0, 0.1) is 5.92 Å². The van der Waals surface area contributed by atoms with Gasteiger partial charge in [0.15, 0.2) is 0 Å². The minimum Gasteiger partial charge on any atom is -0.501 e. The van der Waals surface area contributed by atoms with Gasteiger partial charge in [-0.25, -0.2) is 0 Å². The molecule has 1 aromatic rings. The molecule has 0 spiro atoms. The Labute approximate surface area is 175 Å². The third-order valence-electron chi connectivity index (χ3n) is 4.94. The lowest BCUT2D eigenvalue weighted by Crippen LogP contribution is -2.57. The first kappa shape index (κ1) is 21.2. The molecule has 0 bridgehead atoms. The second-order valence-electron chi connectivity index (χ2n) is 7.23. The van der Waals surface area contributed by atoms with E-state index in [0.717, 1.165) is 27.5 Å². The van der Waals surface area contributed by atoms with Crippen LogP contribution in [0.25, 0.3) is 0 Å². The Morgan fingerprint density at radius 2 is 2.07 bits per heavy atom. The van der Waals surface area contributed by atoms with Gasteiger partial charge in [-0.05, 0) is 50.6 Å². The number of benzene rings is 1. The minimum absolute atomic E-state index is 0.263. The summed E-state index contributed by atoms with van der Waals surface area (Å²) in [4.78, 5) is 17.1. The average molecular weight is 423 g/mol. The van der Waals surface area contributed by atoms with Gasteiger partial charge in [0.25, 0.3) is 0 Å². The fraction of sp³-hybridized carbons (Fsp3) is 0.476. The summed E-state index contributed by atoms with van der Waals surface area (Å²) in [5.74, 6) is -0.765. The standard InChI is InChI=1S/C21H27ClN2O3S/c1-4-26-12-17-18(20(25)27-5-2)19-16(28-17)11-24(3)13-21(19,23)10-14-6-8-15(22)9-7-14/h6-9,12,18H,4-5,10-11,13,23H2,1-3H3. The fourth-order valence-electron chi connectivity index (χ4n) is 3.94. The zero-order valence-corrected chi connectivity index (χ0v) is 18.1. The van der Waals surface area contributed by atoms with Crippen molar-refractivity contribution in [2.45, 2.75) is 25.8 Å². The highest BCUT2D eigenvalue weighted by Crippen LogP contribution is 2.52. The van der Waals surface area contributed by atoms with Gasteiger partial charge in [0.05, 0.1) is 25.0 Å². The maximum absolute atomic E-state index is 12.9. The first-order valence-electron chi connectivity index (χ1n) is 9.49. The van der Waals surface area contributed by atoms with E-state index in [1.807, 2.05) is 38.1 Å². The molecular formula is C21H27ClN2O3S. The first-order chi connectivity index (χ1) is 13.4. The van der Waals surface area contributed by atoms with Gasteiger partial charge in [-0.15, -0.1) is 0 Å². The van der Waals surface area contributed by atoms with Crippen molar-refractivity contribution in [2.75, 3.05) is 33.4 Å². The van der Waals surface area contributed by atoms with Gasteiger partial charge < -0.3 is 15.2 Å². The lowest BCUT2D eigenvalue weighted by molar-refractivity contribution is -0.145. The molecule has 7 heteroatoms. The molecule has 0 saturated carbocycles. The van der Waals surface area contributed by atoms with Gasteiger partial charge >= 0.3 is 5.97 Å². The lowest BCUT2D eigenvalue weighted by atomic mass is 9.75. The summed E-state index contributed by atoms with van der Waals surface area (Å²) in [5, 5.41) is 0.693. The Kier molecular flexibility index (Phi) is 6.76. The van der Waals surface area contributed by atoms with Crippen molar-refractivity contribution in [2.24, 2.45) is 11.7 Å².